The first kappa shape index (κ1) is 40.7. The van der Waals surface area contributed by atoms with Crippen molar-refractivity contribution in [3.05, 3.63) is 59.8 Å². The molecular weight excluding hydrogens is 708 g/mol. The smallest absolute Gasteiger partial charge is 0.410 e. The van der Waals surface area contributed by atoms with Crippen molar-refractivity contribution in [3.63, 3.8) is 0 Å². The highest BCUT2D eigenvalue weighted by atomic mass is 16.6. The molecule has 1 aromatic heterocycles. The van der Waals surface area contributed by atoms with E-state index in [0.717, 1.165) is 30.5 Å². The van der Waals surface area contributed by atoms with Gasteiger partial charge in [-0.1, -0.05) is 6.07 Å². The van der Waals surface area contributed by atoms with Crippen molar-refractivity contribution >= 4 is 40.5 Å². The van der Waals surface area contributed by atoms with Gasteiger partial charge in [-0.25, -0.2) is 4.79 Å². The van der Waals surface area contributed by atoms with Crippen LogP contribution < -0.4 is 24.8 Å². The van der Waals surface area contributed by atoms with Crippen LogP contribution in [0.4, 0.5) is 4.79 Å². The Morgan fingerprint density at radius 2 is 1.67 bits per heavy atom. The Bertz CT molecular complexity index is 1890. The average molecular weight is 762 g/mol. The third-order valence-corrected chi connectivity index (χ3v) is 9.94. The summed E-state index contributed by atoms with van der Waals surface area (Å²) < 4.78 is 23.0. The van der Waals surface area contributed by atoms with Crippen molar-refractivity contribution < 1.29 is 47.4 Å². The molecule has 296 valence electrons. The summed E-state index contributed by atoms with van der Waals surface area (Å²) in [5.41, 5.74) is 1.11. The number of amides is 4. The topological polar surface area (TPSA) is 166 Å². The molecule has 15 nitrogen and oxygen atoms in total. The van der Waals surface area contributed by atoms with Gasteiger partial charge in [0, 0.05) is 31.1 Å². The highest BCUT2D eigenvalue weighted by molar-refractivity contribution is 6.38. The number of piperazine rings is 1. The van der Waals surface area contributed by atoms with Crippen LogP contribution in [0.15, 0.2) is 48.7 Å². The summed E-state index contributed by atoms with van der Waals surface area (Å²) >= 11 is 0. The number of aromatic nitrogens is 1. The third-order valence-electron chi connectivity index (χ3n) is 9.94. The zero-order valence-electron chi connectivity index (χ0n) is 32.6. The summed E-state index contributed by atoms with van der Waals surface area (Å²) in [5, 5.41) is 5.90. The molecule has 0 spiro atoms. The lowest BCUT2D eigenvalue weighted by Gasteiger charge is -2.42. The Morgan fingerprint density at radius 3 is 2.38 bits per heavy atom. The minimum absolute atomic E-state index is 0.0880. The van der Waals surface area contributed by atoms with Crippen LogP contribution in [0.5, 0.6) is 17.2 Å². The Hall–Kier alpha value is -5.44. The van der Waals surface area contributed by atoms with Crippen molar-refractivity contribution in [1.82, 2.24) is 25.4 Å². The second-order valence-electron chi connectivity index (χ2n) is 15.2. The molecule has 2 aliphatic rings. The largest absolute Gasteiger partial charge is 0.493 e. The maximum atomic E-state index is 13.4. The summed E-state index contributed by atoms with van der Waals surface area (Å²) in [5.74, 6) is -0.806. The van der Waals surface area contributed by atoms with Gasteiger partial charge in [0.15, 0.2) is 11.5 Å². The van der Waals surface area contributed by atoms with Gasteiger partial charge < -0.3 is 39.0 Å². The molecule has 5 rings (SSSR count). The number of likely N-dealkylation sites (tertiary alicyclic amines) is 1. The maximum Gasteiger partial charge on any atom is 0.410 e. The molecule has 55 heavy (non-hydrogen) atoms. The number of methoxy groups -OCH3 is 2. The number of ether oxygens (including phenoxy) is 4. The van der Waals surface area contributed by atoms with E-state index in [1.54, 1.807) is 41.3 Å². The van der Waals surface area contributed by atoms with E-state index in [4.69, 9.17) is 18.9 Å². The number of carbonyl (C=O) groups excluding carboxylic acids is 5. The average Bonchev–Trinajstić information content (AvgIpc) is 3.66. The third kappa shape index (κ3) is 10.6. The normalized spacial score (nSPS) is 16.7. The van der Waals surface area contributed by atoms with Crippen LogP contribution in [-0.4, -0.2) is 134 Å². The van der Waals surface area contributed by atoms with Gasteiger partial charge in [0.05, 0.1) is 78.2 Å². The second-order valence-corrected chi connectivity index (χ2v) is 15.2. The van der Waals surface area contributed by atoms with Crippen molar-refractivity contribution in [3.8, 4) is 17.2 Å². The first-order valence-electron chi connectivity index (χ1n) is 18.6. The molecule has 2 saturated heterocycles. The highest BCUT2D eigenvalue weighted by Gasteiger charge is 2.37. The van der Waals surface area contributed by atoms with Gasteiger partial charge in [0.1, 0.15) is 17.4 Å². The zero-order valence-corrected chi connectivity index (χ0v) is 32.6. The van der Waals surface area contributed by atoms with Crippen molar-refractivity contribution in [2.24, 2.45) is 0 Å². The molecule has 0 bridgehead atoms. The summed E-state index contributed by atoms with van der Waals surface area (Å²) in [6, 6.07) is 11.2. The molecule has 0 radical (unpaired) electrons. The number of fused-ring (bicyclic) bond motifs is 1. The monoisotopic (exact) mass is 761 g/mol. The van der Waals surface area contributed by atoms with Crippen LogP contribution in [0, 0.1) is 0 Å². The van der Waals surface area contributed by atoms with Crippen LogP contribution in [0.1, 0.15) is 56.0 Å². The fourth-order valence-electron chi connectivity index (χ4n) is 6.83. The lowest BCUT2D eigenvalue weighted by molar-refractivity contribution is -0.913. The van der Waals surface area contributed by atoms with E-state index in [1.807, 2.05) is 26.8 Å². The first-order valence-corrected chi connectivity index (χ1v) is 18.6. The summed E-state index contributed by atoms with van der Waals surface area (Å²) in [4.78, 5) is 72.6. The molecule has 4 amide bonds. The first-order chi connectivity index (χ1) is 26.2. The molecular formula is C40H53N6O9+. The number of nitrogens with zero attached hydrogens (tertiary/aromatic N) is 4. The van der Waals surface area contributed by atoms with Gasteiger partial charge in [0.25, 0.3) is 11.8 Å². The van der Waals surface area contributed by atoms with E-state index in [2.05, 4.69) is 22.7 Å². The summed E-state index contributed by atoms with van der Waals surface area (Å²) in [7, 11) is 5.22. The van der Waals surface area contributed by atoms with Gasteiger partial charge >= 0.3 is 6.09 Å². The van der Waals surface area contributed by atoms with E-state index in [1.165, 1.54) is 25.3 Å². The number of carbonyl (C=O) groups is 5. The van der Waals surface area contributed by atoms with Crippen LogP contribution in [0.3, 0.4) is 0 Å². The molecule has 1 atom stereocenters. The Morgan fingerprint density at radius 1 is 0.927 bits per heavy atom. The predicted octanol–water partition coefficient (Wildman–Crippen LogP) is 3.32. The van der Waals surface area contributed by atoms with Crippen molar-refractivity contribution in [2.75, 3.05) is 73.7 Å². The van der Waals surface area contributed by atoms with E-state index in [0.29, 0.717) is 78.4 Å². The molecule has 0 unspecified atom stereocenters. The van der Waals surface area contributed by atoms with E-state index < -0.39 is 35.1 Å². The molecule has 3 aromatic rings. The molecule has 2 fully saturated rings. The number of benzene rings is 2. The van der Waals surface area contributed by atoms with Crippen LogP contribution >= 0.6 is 0 Å². The number of rotatable bonds is 14. The quantitative estimate of drug-likeness (QED) is 0.142. The molecule has 3 heterocycles. The van der Waals surface area contributed by atoms with Gasteiger partial charge in [-0.05, 0) is 75.6 Å². The number of quaternary nitrogens is 1. The molecule has 2 N–H and O–H groups in total. The summed E-state index contributed by atoms with van der Waals surface area (Å²) in [6.45, 7) is 9.92. The molecule has 0 aliphatic carbocycles. The lowest BCUT2D eigenvalue weighted by Crippen LogP contribution is -2.59. The molecule has 0 saturated carbocycles. The van der Waals surface area contributed by atoms with Gasteiger partial charge in [0.2, 0.25) is 11.7 Å². The van der Waals surface area contributed by atoms with Gasteiger partial charge in [-0.2, -0.15) is 0 Å². The number of Topliss-reactive ketones (excluding diaryl/α,β-unsaturated/α-hetero) is 1. The van der Waals surface area contributed by atoms with Gasteiger partial charge in [-0.3, -0.25) is 29.1 Å². The van der Waals surface area contributed by atoms with E-state index >= 15 is 0 Å². The lowest BCUT2D eigenvalue weighted by atomic mass is 10.1. The summed E-state index contributed by atoms with van der Waals surface area (Å²) in [6.07, 6.45) is 2.96. The zero-order chi connectivity index (χ0) is 39.8. The number of nitrogens with one attached hydrogen (secondary N) is 2. The Labute approximate surface area is 321 Å². The highest BCUT2D eigenvalue weighted by Crippen LogP contribution is 2.28. The number of likely N-dealkylation sites (N-methyl/N-ethyl adjacent to an activating group) is 1. The van der Waals surface area contributed by atoms with Crippen molar-refractivity contribution in [2.45, 2.75) is 58.2 Å². The van der Waals surface area contributed by atoms with E-state index in [-0.39, 0.29) is 19.2 Å². The molecule has 2 aromatic carbocycles. The molecule has 15 heteroatoms. The Balaban J connectivity index is 1.10. The van der Waals surface area contributed by atoms with Gasteiger partial charge in [-0.15, -0.1) is 0 Å². The Kier molecular flexibility index (Phi) is 13.2. The standard InChI is InChI=1S/C40H52N6O9/c1-40(2,3)55-39(51)44-17-20-46(4,21-18-44)19-8-22-54-28-11-12-31-30(24-28)29(14-15-41-31)37(49)43-26-35(47)45-16-7-9-32(45)36(48)38(50)42-25-27-10-13-33(52-5)34(23-27)53-6/h10-15,23-24,32H,7-9,16-22,25-26H2,1-6H3,(H-,42,43,49,50)/p+1/t32-/m0/s1. The fourth-order valence-corrected chi connectivity index (χ4v) is 6.83. The van der Waals surface area contributed by atoms with E-state index in [9.17, 15) is 24.0 Å². The number of pyridine rings is 1. The van der Waals surface area contributed by atoms with Crippen LogP contribution in [0.25, 0.3) is 10.9 Å². The SMILES string of the molecule is COc1ccc(CNC(=O)C(=O)[C@@H]2CCCN2C(=O)CNC(=O)c2ccnc3ccc(OCCC[N+]4(C)CCN(C(=O)OC(C)(C)C)CC4)cc23)cc1OC. The predicted molar refractivity (Wildman–Crippen MR) is 204 cm³/mol. The molecule has 2 aliphatic heterocycles. The number of hydrogen-bond acceptors (Lipinski definition) is 10. The minimum Gasteiger partial charge on any atom is -0.493 e. The number of ketones is 1. The van der Waals surface area contributed by atoms with Crippen molar-refractivity contribution in [1.29, 1.82) is 0 Å². The van der Waals surface area contributed by atoms with Crippen LogP contribution in [-0.2, 0) is 25.7 Å². The second kappa shape index (κ2) is 17.8. The minimum atomic E-state index is -0.914. The number of hydrogen-bond donors (Lipinski definition) is 2. The van der Waals surface area contributed by atoms with Crippen LogP contribution in [0.2, 0.25) is 0 Å². The maximum absolute atomic E-state index is 13.4. The fraction of sp³-hybridized carbons (Fsp3) is 0.500.